The molecule has 0 nitrogen and oxygen atoms in total. The first-order chi connectivity index (χ1) is 7.11. The minimum absolute atomic E-state index is 0.637. The van der Waals surface area contributed by atoms with Crippen LogP contribution < -0.4 is 0 Å². The van der Waals surface area contributed by atoms with E-state index in [4.69, 9.17) is 0 Å². The van der Waals surface area contributed by atoms with Crippen LogP contribution in [0.5, 0.6) is 0 Å². The molecule has 3 unspecified atom stereocenters. The van der Waals surface area contributed by atoms with Gasteiger partial charge in [0, 0.05) is 0 Å². The SMILES string of the molecule is C=CC(C)CCC=CC(C)C(C)C=CC. The highest BCUT2D eigenvalue weighted by molar-refractivity contribution is 4.96. The smallest absolute Gasteiger partial charge is 0.0202 e. The summed E-state index contributed by atoms with van der Waals surface area (Å²) in [7, 11) is 0. The Bertz CT molecular complexity index is 210. The van der Waals surface area contributed by atoms with Crippen molar-refractivity contribution in [2.45, 2.75) is 40.5 Å². The molecule has 15 heavy (non-hydrogen) atoms. The molecule has 0 saturated heterocycles. The lowest BCUT2D eigenvalue weighted by atomic mass is 9.94. The van der Waals surface area contributed by atoms with Gasteiger partial charge in [0.2, 0.25) is 0 Å². The van der Waals surface area contributed by atoms with E-state index in [0.717, 1.165) is 0 Å². The zero-order valence-electron chi connectivity index (χ0n) is 10.7. The first kappa shape index (κ1) is 14.2. The average molecular weight is 206 g/mol. The van der Waals surface area contributed by atoms with Gasteiger partial charge in [-0.3, -0.25) is 0 Å². The molecule has 0 amide bonds. The summed E-state index contributed by atoms with van der Waals surface area (Å²) in [5.41, 5.74) is 0. The highest BCUT2D eigenvalue weighted by Gasteiger charge is 2.03. The molecule has 86 valence electrons. The van der Waals surface area contributed by atoms with Crippen molar-refractivity contribution < 1.29 is 0 Å². The Morgan fingerprint density at radius 2 is 1.67 bits per heavy atom. The van der Waals surface area contributed by atoms with Crippen molar-refractivity contribution in [1.82, 2.24) is 0 Å². The Hall–Kier alpha value is -0.780. The van der Waals surface area contributed by atoms with Gasteiger partial charge in [0.25, 0.3) is 0 Å². The van der Waals surface area contributed by atoms with E-state index in [1.54, 1.807) is 0 Å². The van der Waals surface area contributed by atoms with Gasteiger partial charge in [-0.25, -0.2) is 0 Å². The van der Waals surface area contributed by atoms with E-state index in [-0.39, 0.29) is 0 Å². The van der Waals surface area contributed by atoms with Crippen LogP contribution in [0.1, 0.15) is 40.5 Å². The summed E-state index contributed by atoms with van der Waals surface area (Å²) in [6, 6.07) is 0. The van der Waals surface area contributed by atoms with Crippen molar-refractivity contribution in [3.05, 3.63) is 37.0 Å². The highest BCUT2D eigenvalue weighted by atomic mass is 14.1. The quantitative estimate of drug-likeness (QED) is 0.515. The van der Waals surface area contributed by atoms with E-state index >= 15 is 0 Å². The Labute approximate surface area is 95.8 Å². The van der Waals surface area contributed by atoms with Gasteiger partial charge in [-0.2, -0.15) is 0 Å². The maximum absolute atomic E-state index is 3.79. The highest BCUT2D eigenvalue weighted by Crippen LogP contribution is 2.15. The molecular formula is C15H26. The molecule has 0 aromatic carbocycles. The molecule has 0 aliphatic rings. The van der Waals surface area contributed by atoms with E-state index in [9.17, 15) is 0 Å². The van der Waals surface area contributed by atoms with Crippen LogP contribution in [0.25, 0.3) is 0 Å². The topological polar surface area (TPSA) is 0 Å². The normalized spacial score (nSPS) is 18.1. The fourth-order valence-electron chi connectivity index (χ4n) is 1.44. The van der Waals surface area contributed by atoms with Crippen LogP contribution in [-0.2, 0) is 0 Å². The Morgan fingerprint density at radius 1 is 1.07 bits per heavy atom. The summed E-state index contributed by atoms with van der Waals surface area (Å²) in [5, 5.41) is 0. The largest absolute Gasteiger partial charge is 0.103 e. The van der Waals surface area contributed by atoms with Gasteiger partial charge in [-0.15, -0.1) is 6.58 Å². The summed E-state index contributed by atoms with van der Waals surface area (Å²) < 4.78 is 0. The van der Waals surface area contributed by atoms with Crippen LogP contribution in [0.4, 0.5) is 0 Å². The first-order valence-corrected chi connectivity index (χ1v) is 6.03. The second kappa shape index (κ2) is 8.52. The van der Waals surface area contributed by atoms with Crippen molar-refractivity contribution in [2.24, 2.45) is 17.8 Å². The minimum Gasteiger partial charge on any atom is -0.103 e. The second-order valence-electron chi connectivity index (χ2n) is 4.46. The van der Waals surface area contributed by atoms with Gasteiger partial charge in [0.15, 0.2) is 0 Å². The molecule has 0 rings (SSSR count). The molecule has 0 fully saturated rings. The van der Waals surface area contributed by atoms with Gasteiger partial charge in [-0.05, 0) is 37.5 Å². The second-order valence-corrected chi connectivity index (χ2v) is 4.46. The molecule has 0 aromatic heterocycles. The summed E-state index contributed by atoms with van der Waals surface area (Å²) in [6.07, 6.45) is 13.5. The van der Waals surface area contributed by atoms with E-state index in [2.05, 4.69) is 58.6 Å². The number of hydrogen-bond acceptors (Lipinski definition) is 0. The summed E-state index contributed by atoms with van der Waals surface area (Å²) in [6.45, 7) is 12.6. The Kier molecular flexibility index (Phi) is 8.08. The van der Waals surface area contributed by atoms with Crippen LogP contribution >= 0.6 is 0 Å². The van der Waals surface area contributed by atoms with Crippen LogP contribution in [0.3, 0.4) is 0 Å². The predicted molar refractivity (Wildman–Crippen MR) is 70.9 cm³/mol. The van der Waals surface area contributed by atoms with Crippen molar-refractivity contribution in [2.75, 3.05) is 0 Å². The lowest BCUT2D eigenvalue weighted by molar-refractivity contribution is 0.554. The van der Waals surface area contributed by atoms with Gasteiger partial charge in [0.1, 0.15) is 0 Å². The van der Waals surface area contributed by atoms with Crippen LogP contribution in [0.15, 0.2) is 37.0 Å². The zero-order chi connectivity index (χ0) is 11.7. The fourth-order valence-corrected chi connectivity index (χ4v) is 1.44. The molecule has 0 aromatic rings. The standard InChI is InChI=1S/C15H26/c1-6-10-14(4)15(5)12-9-8-11-13(3)7-2/h6-7,9-10,12-15H,2,8,11H2,1,3-5H3. The maximum Gasteiger partial charge on any atom is -0.0202 e. The molecule has 0 bridgehead atoms. The molecule has 0 heteroatoms. The van der Waals surface area contributed by atoms with E-state index < -0.39 is 0 Å². The Balaban J connectivity index is 3.80. The molecule has 0 spiro atoms. The summed E-state index contributed by atoms with van der Waals surface area (Å²) >= 11 is 0. The third kappa shape index (κ3) is 7.18. The van der Waals surface area contributed by atoms with Gasteiger partial charge in [0.05, 0.1) is 0 Å². The number of hydrogen-bond donors (Lipinski definition) is 0. The molecule has 3 atom stereocenters. The van der Waals surface area contributed by atoms with E-state index in [1.807, 2.05) is 6.08 Å². The molecule has 0 aliphatic heterocycles. The molecule has 0 saturated carbocycles. The molecular weight excluding hydrogens is 180 g/mol. The number of allylic oxidation sites excluding steroid dienone is 5. The minimum atomic E-state index is 0.637. The number of rotatable bonds is 7. The summed E-state index contributed by atoms with van der Waals surface area (Å²) in [4.78, 5) is 0. The molecule has 0 aliphatic carbocycles. The van der Waals surface area contributed by atoms with Crippen molar-refractivity contribution in [3.63, 3.8) is 0 Å². The van der Waals surface area contributed by atoms with Gasteiger partial charge in [-0.1, -0.05) is 51.2 Å². The Morgan fingerprint density at radius 3 is 2.20 bits per heavy atom. The molecule has 0 N–H and O–H groups in total. The van der Waals surface area contributed by atoms with Crippen LogP contribution in [0.2, 0.25) is 0 Å². The molecule has 0 radical (unpaired) electrons. The maximum atomic E-state index is 3.79. The van der Waals surface area contributed by atoms with Gasteiger partial charge < -0.3 is 0 Å². The third-order valence-electron chi connectivity index (χ3n) is 2.96. The first-order valence-electron chi connectivity index (χ1n) is 6.03. The van der Waals surface area contributed by atoms with Crippen LogP contribution in [-0.4, -0.2) is 0 Å². The van der Waals surface area contributed by atoms with Crippen molar-refractivity contribution in [3.8, 4) is 0 Å². The monoisotopic (exact) mass is 206 g/mol. The zero-order valence-corrected chi connectivity index (χ0v) is 10.7. The predicted octanol–water partition coefficient (Wildman–Crippen LogP) is 4.99. The van der Waals surface area contributed by atoms with Crippen molar-refractivity contribution >= 4 is 0 Å². The third-order valence-corrected chi connectivity index (χ3v) is 2.96. The average Bonchev–Trinajstić information content (AvgIpc) is 2.23. The van der Waals surface area contributed by atoms with Gasteiger partial charge >= 0.3 is 0 Å². The van der Waals surface area contributed by atoms with Crippen LogP contribution in [0, 0.1) is 17.8 Å². The van der Waals surface area contributed by atoms with E-state index in [1.165, 1.54) is 12.8 Å². The fraction of sp³-hybridized carbons (Fsp3) is 0.600. The lowest BCUT2D eigenvalue weighted by Gasteiger charge is -2.11. The summed E-state index contributed by atoms with van der Waals surface area (Å²) in [5.74, 6) is 1.92. The van der Waals surface area contributed by atoms with Crippen molar-refractivity contribution in [1.29, 1.82) is 0 Å². The molecule has 0 heterocycles. The van der Waals surface area contributed by atoms with E-state index in [0.29, 0.717) is 17.8 Å². The lowest BCUT2D eigenvalue weighted by Crippen LogP contribution is -2.01.